The molecule has 18 heavy (non-hydrogen) atoms. The summed E-state index contributed by atoms with van der Waals surface area (Å²) in [5.41, 5.74) is 0. The van der Waals surface area contributed by atoms with Crippen molar-refractivity contribution in [2.24, 2.45) is 5.92 Å². The zero-order chi connectivity index (χ0) is 14.2. The second-order valence-electron chi connectivity index (χ2n) is 3.74. The first kappa shape index (κ1) is 19.2. The average molecular weight is 254 g/mol. The highest BCUT2D eigenvalue weighted by molar-refractivity contribution is 5.53. The predicted octanol–water partition coefficient (Wildman–Crippen LogP) is 5.25. The Kier molecular flexibility index (Phi) is 16.8. The third-order valence-electron chi connectivity index (χ3n) is 2.38. The average Bonchev–Trinajstić information content (AvgIpc) is 2.44. The van der Waals surface area contributed by atoms with Gasteiger partial charge in [-0.25, -0.2) is 4.39 Å². The summed E-state index contributed by atoms with van der Waals surface area (Å²) in [5, 5.41) is 0. The highest BCUT2D eigenvalue weighted by atomic mass is 19.1. The molecule has 1 atom stereocenters. The SMILES string of the molecule is CC.CCCCC(C=O)CC.Fc1ccccc1. The van der Waals surface area contributed by atoms with E-state index in [-0.39, 0.29) is 5.82 Å². The van der Waals surface area contributed by atoms with Crippen LogP contribution in [0.15, 0.2) is 30.3 Å². The highest BCUT2D eigenvalue weighted by Crippen LogP contribution is 2.08. The van der Waals surface area contributed by atoms with E-state index < -0.39 is 0 Å². The maximum absolute atomic E-state index is 11.9. The van der Waals surface area contributed by atoms with E-state index >= 15 is 0 Å². The van der Waals surface area contributed by atoms with Crippen LogP contribution in [0, 0.1) is 11.7 Å². The monoisotopic (exact) mass is 254 g/mol. The summed E-state index contributed by atoms with van der Waals surface area (Å²) in [6, 6.07) is 7.94. The van der Waals surface area contributed by atoms with Crippen LogP contribution in [0.2, 0.25) is 0 Å². The van der Waals surface area contributed by atoms with Crippen molar-refractivity contribution in [3.63, 3.8) is 0 Å². The molecule has 0 spiro atoms. The lowest BCUT2D eigenvalue weighted by molar-refractivity contribution is -0.111. The maximum Gasteiger partial charge on any atom is 0.123 e. The number of aldehydes is 1. The second kappa shape index (κ2) is 15.8. The van der Waals surface area contributed by atoms with Crippen LogP contribution in [0.3, 0.4) is 0 Å². The molecule has 1 rings (SSSR count). The van der Waals surface area contributed by atoms with Gasteiger partial charge in [-0.15, -0.1) is 0 Å². The third-order valence-corrected chi connectivity index (χ3v) is 2.38. The van der Waals surface area contributed by atoms with Gasteiger partial charge in [-0.2, -0.15) is 0 Å². The quantitative estimate of drug-likeness (QED) is 0.655. The Morgan fingerprint density at radius 1 is 1.17 bits per heavy atom. The smallest absolute Gasteiger partial charge is 0.123 e. The first-order valence-electron chi connectivity index (χ1n) is 6.90. The molecule has 1 aromatic carbocycles. The molecule has 0 N–H and O–H groups in total. The Morgan fingerprint density at radius 3 is 2.00 bits per heavy atom. The van der Waals surface area contributed by atoms with Crippen LogP contribution < -0.4 is 0 Å². The summed E-state index contributed by atoms with van der Waals surface area (Å²) in [7, 11) is 0. The molecule has 0 bridgehead atoms. The summed E-state index contributed by atoms with van der Waals surface area (Å²) in [6.07, 6.45) is 5.55. The minimum atomic E-state index is -0.178. The van der Waals surface area contributed by atoms with Gasteiger partial charge in [0.2, 0.25) is 0 Å². The van der Waals surface area contributed by atoms with E-state index in [0.29, 0.717) is 5.92 Å². The summed E-state index contributed by atoms with van der Waals surface area (Å²) in [4.78, 5) is 10.2. The van der Waals surface area contributed by atoms with E-state index in [0.717, 1.165) is 19.1 Å². The first-order chi connectivity index (χ1) is 8.74. The van der Waals surface area contributed by atoms with Gasteiger partial charge in [0, 0.05) is 5.92 Å². The minimum Gasteiger partial charge on any atom is -0.303 e. The molecule has 2 heteroatoms. The number of rotatable bonds is 5. The lowest BCUT2D eigenvalue weighted by atomic mass is 10.0. The van der Waals surface area contributed by atoms with E-state index in [2.05, 4.69) is 13.8 Å². The van der Waals surface area contributed by atoms with Crippen molar-refractivity contribution >= 4 is 6.29 Å². The van der Waals surface area contributed by atoms with Crippen molar-refractivity contribution in [1.29, 1.82) is 0 Å². The number of benzene rings is 1. The number of carbonyl (C=O) groups excluding carboxylic acids is 1. The van der Waals surface area contributed by atoms with Gasteiger partial charge in [-0.1, -0.05) is 58.7 Å². The normalized spacial score (nSPS) is 10.3. The Labute approximate surface area is 111 Å². The Hall–Kier alpha value is -1.18. The largest absolute Gasteiger partial charge is 0.303 e. The standard InChI is InChI=1S/C8H16O.C6H5F.C2H6/c1-3-5-6-8(4-2)7-9;7-6-4-2-1-3-5-6;1-2/h7-8H,3-6H2,1-2H3;1-5H;1-2H3. The van der Waals surface area contributed by atoms with E-state index in [1.807, 2.05) is 13.8 Å². The van der Waals surface area contributed by atoms with E-state index in [4.69, 9.17) is 0 Å². The molecule has 0 aromatic heterocycles. The molecule has 0 amide bonds. The van der Waals surface area contributed by atoms with Gasteiger partial charge in [0.25, 0.3) is 0 Å². The summed E-state index contributed by atoms with van der Waals surface area (Å²) >= 11 is 0. The Balaban J connectivity index is 0. The number of hydrogen-bond donors (Lipinski definition) is 0. The molecule has 0 saturated heterocycles. The van der Waals surface area contributed by atoms with Crippen molar-refractivity contribution in [2.75, 3.05) is 0 Å². The summed E-state index contributed by atoms with van der Waals surface area (Å²) in [6.45, 7) is 8.21. The number of hydrogen-bond acceptors (Lipinski definition) is 1. The minimum absolute atomic E-state index is 0.178. The lowest BCUT2D eigenvalue weighted by Gasteiger charge is -2.03. The van der Waals surface area contributed by atoms with Gasteiger partial charge in [-0.3, -0.25) is 0 Å². The zero-order valence-corrected chi connectivity index (χ0v) is 12.2. The molecular formula is C16H27FO. The molecule has 1 nitrogen and oxygen atoms in total. The van der Waals surface area contributed by atoms with Crippen LogP contribution in [-0.4, -0.2) is 6.29 Å². The molecule has 0 radical (unpaired) electrons. The van der Waals surface area contributed by atoms with Crippen molar-refractivity contribution in [2.45, 2.75) is 53.4 Å². The van der Waals surface area contributed by atoms with Gasteiger partial charge in [0.05, 0.1) is 0 Å². The van der Waals surface area contributed by atoms with E-state index in [9.17, 15) is 9.18 Å². The molecule has 0 saturated carbocycles. The predicted molar refractivity (Wildman–Crippen MR) is 77.1 cm³/mol. The fourth-order valence-electron chi connectivity index (χ4n) is 1.25. The molecule has 0 fully saturated rings. The highest BCUT2D eigenvalue weighted by Gasteiger charge is 2.01. The van der Waals surface area contributed by atoms with Gasteiger partial charge in [0.15, 0.2) is 0 Å². The molecule has 1 aromatic rings. The zero-order valence-electron chi connectivity index (χ0n) is 12.2. The Bertz CT molecular complexity index is 259. The van der Waals surface area contributed by atoms with Crippen molar-refractivity contribution in [1.82, 2.24) is 0 Å². The van der Waals surface area contributed by atoms with Crippen molar-refractivity contribution in [3.8, 4) is 0 Å². The van der Waals surface area contributed by atoms with Crippen LogP contribution in [0.5, 0.6) is 0 Å². The molecule has 0 aliphatic carbocycles. The van der Waals surface area contributed by atoms with Crippen LogP contribution in [0.25, 0.3) is 0 Å². The molecule has 0 aliphatic rings. The Morgan fingerprint density at radius 2 is 1.72 bits per heavy atom. The number of unbranched alkanes of at least 4 members (excludes halogenated alkanes) is 1. The second-order valence-corrected chi connectivity index (χ2v) is 3.74. The molecular weight excluding hydrogens is 227 g/mol. The number of carbonyl (C=O) groups is 1. The van der Waals surface area contributed by atoms with Crippen LogP contribution in [0.4, 0.5) is 4.39 Å². The molecule has 104 valence electrons. The van der Waals surface area contributed by atoms with Crippen LogP contribution >= 0.6 is 0 Å². The van der Waals surface area contributed by atoms with Gasteiger partial charge >= 0.3 is 0 Å². The molecule has 0 aliphatic heterocycles. The van der Waals surface area contributed by atoms with Crippen molar-refractivity contribution < 1.29 is 9.18 Å². The third kappa shape index (κ3) is 12.9. The fourth-order valence-corrected chi connectivity index (χ4v) is 1.25. The van der Waals surface area contributed by atoms with Crippen LogP contribution in [0.1, 0.15) is 53.4 Å². The molecule has 0 heterocycles. The maximum atomic E-state index is 11.9. The van der Waals surface area contributed by atoms with Gasteiger partial charge in [0.1, 0.15) is 12.1 Å². The van der Waals surface area contributed by atoms with Gasteiger partial charge < -0.3 is 4.79 Å². The van der Waals surface area contributed by atoms with Gasteiger partial charge in [-0.05, 0) is 25.0 Å². The number of halogens is 1. The molecule has 1 unspecified atom stereocenters. The first-order valence-corrected chi connectivity index (χ1v) is 6.90. The van der Waals surface area contributed by atoms with E-state index in [1.54, 1.807) is 18.2 Å². The lowest BCUT2D eigenvalue weighted by Crippen LogP contribution is -1.98. The van der Waals surface area contributed by atoms with Crippen LogP contribution in [-0.2, 0) is 4.79 Å². The topological polar surface area (TPSA) is 17.1 Å². The summed E-state index contributed by atoms with van der Waals surface area (Å²) < 4.78 is 11.9. The fraction of sp³-hybridized carbons (Fsp3) is 0.562. The van der Waals surface area contributed by atoms with Crippen molar-refractivity contribution in [3.05, 3.63) is 36.1 Å². The van der Waals surface area contributed by atoms with E-state index in [1.165, 1.54) is 25.0 Å². The summed E-state index contributed by atoms with van der Waals surface area (Å²) in [5.74, 6) is 0.146.